The van der Waals surface area contributed by atoms with Gasteiger partial charge in [0.2, 0.25) is 0 Å². The van der Waals surface area contributed by atoms with E-state index in [2.05, 4.69) is 11.1 Å². The molecule has 0 saturated carbocycles. The molecule has 0 amide bonds. The summed E-state index contributed by atoms with van der Waals surface area (Å²) in [6, 6.07) is 8.86. The molecule has 2 aromatic rings. The second-order valence-corrected chi connectivity index (χ2v) is 4.95. The van der Waals surface area contributed by atoms with Crippen molar-refractivity contribution < 1.29 is 19.0 Å². The van der Waals surface area contributed by atoms with Crippen LogP contribution >= 0.6 is 0 Å². The van der Waals surface area contributed by atoms with E-state index in [0.717, 1.165) is 5.56 Å². The summed E-state index contributed by atoms with van der Waals surface area (Å²) in [5, 5.41) is 9.32. The fourth-order valence-corrected chi connectivity index (χ4v) is 2.25. The van der Waals surface area contributed by atoms with Gasteiger partial charge in [-0.3, -0.25) is 4.98 Å². The lowest BCUT2D eigenvalue weighted by molar-refractivity contribution is 0.0509. The number of aromatic nitrogens is 1. The van der Waals surface area contributed by atoms with E-state index in [4.69, 9.17) is 14.2 Å². The second-order valence-electron chi connectivity index (χ2n) is 4.95. The highest BCUT2D eigenvalue weighted by atomic mass is 16.7. The molecule has 0 aliphatic heterocycles. The number of nitriles is 1. The lowest BCUT2D eigenvalue weighted by Gasteiger charge is -2.12. The minimum absolute atomic E-state index is 0.0464. The quantitative estimate of drug-likeness (QED) is 0.599. The summed E-state index contributed by atoms with van der Waals surface area (Å²) < 4.78 is 15.3. The summed E-state index contributed by atoms with van der Waals surface area (Å²) in [4.78, 5) is 16.6. The molecular weight excluding hydrogens is 308 g/mol. The van der Waals surface area contributed by atoms with Crippen LogP contribution in [0.25, 0.3) is 11.3 Å². The highest BCUT2D eigenvalue weighted by Gasteiger charge is 2.19. The van der Waals surface area contributed by atoms with E-state index in [0.29, 0.717) is 28.1 Å². The van der Waals surface area contributed by atoms with E-state index in [-0.39, 0.29) is 13.4 Å². The van der Waals surface area contributed by atoms with Crippen molar-refractivity contribution in [2.45, 2.75) is 13.8 Å². The van der Waals surface area contributed by atoms with Gasteiger partial charge in [0.05, 0.1) is 23.4 Å². The molecule has 24 heavy (non-hydrogen) atoms. The number of ether oxygens (including phenoxy) is 3. The Morgan fingerprint density at radius 3 is 2.79 bits per heavy atom. The highest BCUT2D eigenvalue weighted by Crippen LogP contribution is 2.29. The molecule has 0 bridgehead atoms. The zero-order valence-corrected chi connectivity index (χ0v) is 13.8. The summed E-state index contributed by atoms with van der Waals surface area (Å²) in [6.07, 6.45) is 1.62. The number of methoxy groups -OCH3 is 1. The molecule has 0 aliphatic carbocycles. The van der Waals surface area contributed by atoms with E-state index in [1.807, 2.05) is 6.92 Å². The molecule has 1 aromatic heterocycles. The lowest BCUT2D eigenvalue weighted by Crippen LogP contribution is -2.10. The first kappa shape index (κ1) is 17.4. The van der Waals surface area contributed by atoms with Gasteiger partial charge in [0, 0.05) is 18.9 Å². The van der Waals surface area contributed by atoms with Crippen LogP contribution in [-0.2, 0) is 9.47 Å². The third-order valence-corrected chi connectivity index (χ3v) is 3.34. The topological polar surface area (TPSA) is 81.4 Å². The molecule has 0 radical (unpaired) electrons. The van der Waals surface area contributed by atoms with Crippen molar-refractivity contribution in [3.05, 3.63) is 47.2 Å². The molecule has 2 rings (SSSR count). The number of nitrogens with zero attached hydrogens (tertiary/aromatic N) is 2. The maximum absolute atomic E-state index is 12.3. The molecule has 0 saturated heterocycles. The molecule has 0 spiro atoms. The Morgan fingerprint density at radius 1 is 1.33 bits per heavy atom. The number of rotatable bonds is 6. The molecule has 0 N–H and O–H groups in total. The number of esters is 1. The van der Waals surface area contributed by atoms with Crippen molar-refractivity contribution in [3.8, 4) is 23.1 Å². The van der Waals surface area contributed by atoms with Crippen molar-refractivity contribution in [2.75, 3.05) is 20.5 Å². The molecule has 1 heterocycles. The monoisotopic (exact) mass is 326 g/mol. The fraction of sp³-hybridized carbons (Fsp3) is 0.278. The van der Waals surface area contributed by atoms with Crippen molar-refractivity contribution in [2.24, 2.45) is 0 Å². The molecule has 0 unspecified atom stereocenters. The minimum atomic E-state index is -0.434. The first-order valence-corrected chi connectivity index (χ1v) is 7.41. The van der Waals surface area contributed by atoms with E-state index >= 15 is 0 Å². The second kappa shape index (κ2) is 8.09. The molecule has 6 nitrogen and oxygen atoms in total. The van der Waals surface area contributed by atoms with Crippen molar-refractivity contribution in [1.82, 2.24) is 4.98 Å². The average Bonchev–Trinajstić information content (AvgIpc) is 2.59. The summed E-state index contributed by atoms with van der Waals surface area (Å²) in [5.41, 5.74) is 2.61. The van der Waals surface area contributed by atoms with Gasteiger partial charge in [0.1, 0.15) is 11.8 Å². The van der Waals surface area contributed by atoms with Crippen LogP contribution < -0.4 is 4.74 Å². The van der Waals surface area contributed by atoms with Crippen LogP contribution in [0, 0.1) is 18.3 Å². The molecule has 0 aliphatic rings. The largest absolute Gasteiger partial charge is 0.466 e. The van der Waals surface area contributed by atoms with Crippen molar-refractivity contribution in [3.63, 3.8) is 0 Å². The molecule has 0 fully saturated rings. The molecule has 6 heteroatoms. The summed E-state index contributed by atoms with van der Waals surface area (Å²) in [5.74, 6) is -0.0234. The zero-order chi connectivity index (χ0) is 17.5. The summed E-state index contributed by atoms with van der Waals surface area (Å²) >= 11 is 0. The summed E-state index contributed by atoms with van der Waals surface area (Å²) in [6.45, 7) is 3.89. The van der Waals surface area contributed by atoms with Gasteiger partial charge in [-0.1, -0.05) is 0 Å². The minimum Gasteiger partial charge on any atom is -0.466 e. The molecule has 1 aromatic carbocycles. The van der Waals surface area contributed by atoms with Gasteiger partial charge in [-0.05, 0) is 43.7 Å². The van der Waals surface area contributed by atoms with Gasteiger partial charge >= 0.3 is 5.97 Å². The van der Waals surface area contributed by atoms with Gasteiger partial charge in [0.15, 0.2) is 6.79 Å². The van der Waals surface area contributed by atoms with Crippen molar-refractivity contribution in [1.29, 1.82) is 5.26 Å². The van der Waals surface area contributed by atoms with E-state index in [1.165, 1.54) is 7.11 Å². The molecular formula is C18H18N2O4. The van der Waals surface area contributed by atoms with Gasteiger partial charge in [-0.25, -0.2) is 4.79 Å². The maximum atomic E-state index is 12.3. The Kier molecular flexibility index (Phi) is 5.88. The maximum Gasteiger partial charge on any atom is 0.340 e. The Hall–Kier alpha value is -2.91. The fourth-order valence-electron chi connectivity index (χ4n) is 2.25. The Morgan fingerprint density at radius 2 is 2.12 bits per heavy atom. The van der Waals surface area contributed by atoms with Crippen LogP contribution in [0.4, 0.5) is 0 Å². The normalized spacial score (nSPS) is 10.1. The number of carbonyl (C=O) groups is 1. The number of hydrogen-bond acceptors (Lipinski definition) is 6. The van der Waals surface area contributed by atoms with Gasteiger partial charge < -0.3 is 14.2 Å². The SMILES string of the molecule is CCOC(=O)c1c(C)ccnc1-c1ccc(OCOC)c(C#N)c1. The Balaban J connectivity index is 2.51. The van der Waals surface area contributed by atoms with E-state index in [1.54, 1.807) is 37.4 Å². The van der Waals surface area contributed by atoms with Crippen LogP contribution in [-0.4, -0.2) is 31.5 Å². The van der Waals surface area contributed by atoms with Crippen LogP contribution in [0.15, 0.2) is 30.5 Å². The number of pyridine rings is 1. The summed E-state index contributed by atoms with van der Waals surface area (Å²) in [7, 11) is 1.50. The Bertz CT molecular complexity index is 781. The standard InChI is InChI=1S/C18H18N2O4/c1-4-23-18(21)16-12(2)7-8-20-17(16)13-5-6-15(24-11-22-3)14(9-13)10-19/h5-9H,4,11H2,1-3H3. The number of hydrogen-bond donors (Lipinski definition) is 0. The van der Waals surface area contributed by atoms with Crippen molar-refractivity contribution >= 4 is 5.97 Å². The van der Waals surface area contributed by atoms with Crippen LogP contribution in [0.2, 0.25) is 0 Å². The first-order valence-electron chi connectivity index (χ1n) is 7.41. The number of benzene rings is 1. The molecule has 0 atom stereocenters. The van der Waals surface area contributed by atoms with E-state index in [9.17, 15) is 10.1 Å². The van der Waals surface area contributed by atoms with Gasteiger partial charge in [-0.15, -0.1) is 0 Å². The van der Waals surface area contributed by atoms with Crippen LogP contribution in [0.1, 0.15) is 28.4 Å². The lowest BCUT2D eigenvalue weighted by atomic mass is 10.00. The first-order chi connectivity index (χ1) is 11.6. The Labute approximate surface area is 140 Å². The average molecular weight is 326 g/mol. The highest BCUT2D eigenvalue weighted by molar-refractivity contribution is 5.97. The van der Waals surface area contributed by atoms with Crippen LogP contribution in [0.3, 0.4) is 0 Å². The third kappa shape index (κ3) is 3.70. The number of aryl methyl sites for hydroxylation is 1. The molecule has 124 valence electrons. The number of carbonyl (C=O) groups excluding carboxylic acids is 1. The third-order valence-electron chi connectivity index (χ3n) is 3.34. The zero-order valence-electron chi connectivity index (χ0n) is 13.8. The van der Waals surface area contributed by atoms with Gasteiger partial charge in [0.25, 0.3) is 0 Å². The predicted molar refractivity (Wildman–Crippen MR) is 87.6 cm³/mol. The van der Waals surface area contributed by atoms with E-state index < -0.39 is 5.97 Å². The smallest absolute Gasteiger partial charge is 0.340 e. The predicted octanol–water partition coefficient (Wildman–Crippen LogP) is 3.09. The van der Waals surface area contributed by atoms with Gasteiger partial charge in [-0.2, -0.15) is 5.26 Å². The van der Waals surface area contributed by atoms with Crippen LogP contribution in [0.5, 0.6) is 5.75 Å².